The van der Waals surface area contributed by atoms with Crippen LogP contribution in [0.4, 0.5) is 0 Å². The Balaban J connectivity index is 1.32. The first-order valence-electron chi connectivity index (χ1n) is 10.4. The Labute approximate surface area is 175 Å². The van der Waals surface area contributed by atoms with E-state index in [-0.39, 0.29) is 18.4 Å². The van der Waals surface area contributed by atoms with Gasteiger partial charge < -0.3 is 23.7 Å². The van der Waals surface area contributed by atoms with Crippen molar-refractivity contribution in [2.24, 2.45) is 0 Å². The maximum absolute atomic E-state index is 12.9. The number of rotatable bonds is 6. The number of ether oxygens (including phenoxy) is 2. The molecule has 0 spiro atoms. The lowest BCUT2D eigenvalue weighted by atomic mass is 10.1. The average molecular weight is 413 g/mol. The van der Waals surface area contributed by atoms with E-state index in [0.717, 1.165) is 37.4 Å². The molecular weight excluding hydrogens is 386 g/mol. The summed E-state index contributed by atoms with van der Waals surface area (Å²) in [5.74, 6) is 1.90. The molecule has 3 heterocycles. The average Bonchev–Trinajstić information content (AvgIpc) is 3.20. The summed E-state index contributed by atoms with van der Waals surface area (Å²) < 4.78 is 16.3. The molecule has 4 rings (SSSR count). The Morgan fingerprint density at radius 2 is 1.83 bits per heavy atom. The number of carbonyl (C=O) groups is 2. The van der Waals surface area contributed by atoms with Crippen LogP contribution in [0.3, 0.4) is 0 Å². The van der Waals surface area contributed by atoms with Gasteiger partial charge in [-0.2, -0.15) is 0 Å². The Morgan fingerprint density at radius 3 is 2.57 bits per heavy atom. The van der Waals surface area contributed by atoms with Crippen molar-refractivity contribution in [2.75, 3.05) is 33.4 Å². The van der Waals surface area contributed by atoms with Crippen LogP contribution >= 0.6 is 0 Å². The highest BCUT2D eigenvalue weighted by molar-refractivity contribution is 5.94. The highest BCUT2D eigenvalue weighted by atomic mass is 16.5. The van der Waals surface area contributed by atoms with Crippen LogP contribution < -0.4 is 4.74 Å². The Morgan fingerprint density at radius 1 is 1.07 bits per heavy atom. The lowest BCUT2D eigenvalue weighted by molar-refractivity contribution is -0.134. The molecule has 0 N–H and O–H groups in total. The number of methoxy groups -OCH3 is 1. The molecular formula is C22H27N3O5. The SMILES string of the molecule is COCc1nc2c(o1)CCN(C(=O)c1ccc(OCC(=O)N3CCCCC3)cc1)C2. The lowest BCUT2D eigenvalue weighted by Gasteiger charge is -2.26. The fourth-order valence-corrected chi connectivity index (χ4v) is 3.87. The third kappa shape index (κ3) is 4.64. The van der Waals surface area contributed by atoms with Gasteiger partial charge in [0.1, 0.15) is 23.8 Å². The van der Waals surface area contributed by atoms with Crippen LogP contribution in [0.15, 0.2) is 28.7 Å². The van der Waals surface area contributed by atoms with Gasteiger partial charge in [-0.05, 0) is 43.5 Å². The highest BCUT2D eigenvalue weighted by Gasteiger charge is 2.26. The van der Waals surface area contributed by atoms with Crippen LogP contribution in [0.1, 0.15) is 47.0 Å². The van der Waals surface area contributed by atoms with E-state index in [1.54, 1.807) is 36.3 Å². The summed E-state index contributed by atoms with van der Waals surface area (Å²) >= 11 is 0. The second-order valence-electron chi connectivity index (χ2n) is 7.64. The van der Waals surface area contributed by atoms with E-state index in [1.807, 2.05) is 4.90 Å². The van der Waals surface area contributed by atoms with Crippen LogP contribution in [-0.2, 0) is 29.1 Å². The van der Waals surface area contributed by atoms with Crippen LogP contribution in [-0.4, -0.2) is 59.9 Å². The molecule has 0 aliphatic carbocycles. The fraction of sp³-hybridized carbons (Fsp3) is 0.500. The number of benzene rings is 1. The number of likely N-dealkylation sites (tertiary alicyclic amines) is 1. The maximum atomic E-state index is 12.9. The highest BCUT2D eigenvalue weighted by Crippen LogP contribution is 2.22. The minimum absolute atomic E-state index is 0.0134. The van der Waals surface area contributed by atoms with E-state index in [0.29, 0.717) is 43.3 Å². The van der Waals surface area contributed by atoms with Crippen LogP contribution in [0.2, 0.25) is 0 Å². The van der Waals surface area contributed by atoms with Gasteiger partial charge in [0.05, 0.1) is 6.54 Å². The number of fused-ring (bicyclic) bond motifs is 1. The second-order valence-corrected chi connectivity index (χ2v) is 7.64. The molecule has 30 heavy (non-hydrogen) atoms. The van der Waals surface area contributed by atoms with Gasteiger partial charge in [0.2, 0.25) is 5.89 Å². The van der Waals surface area contributed by atoms with E-state index < -0.39 is 0 Å². The summed E-state index contributed by atoms with van der Waals surface area (Å²) in [7, 11) is 1.59. The van der Waals surface area contributed by atoms with Gasteiger partial charge in [0.15, 0.2) is 6.61 Å². The summed E-state index contributed by atoms with van der Waals surface area (Å²) in [4.78, 5) is 33.1. The molecule has 1 fully saturated rings. The predicted molar refractivity (Wildman–Crippen MR) is 108 cm³/mol. The van der Waals surface area contributed by atoms with Gasteiger partial charge >= 0.3 is 0 Å². The van der Waals surface area contributed by atoms with Gasteiger partial charge in [-0.1, -0.05) is 0 Å². The van der Waals surface area contributed by atoms with Crippen LogP contribution in [0, 0.1) is 0 Å². The van der Waals surface area contributed by atoms with Crippen molar-refractivity contribution in [1.82, 2.24) is 14.8 Å². The van der Waals surface area contributed by atoms with Crippen LogP contribution in [0.25, 0.3) is 0 Å². The molecule has 0 radical (unpaired) electrons. The summed E-state index contributed by atoms with van der Waals surface area (Å²) in [5.41, 5.74) is 1.37. The Kier molecular flexibility index (Phi) is 6.32. The van der Waals surface area contributed by atoms with Crippen molar-refractivity contribution >= 4 is 11.8 Å². The third-order valence-corrected chi connectivity index (χ3v) is 5.50. The summed E-state index contributed by atoms with van der Waals surface area (Å²) in [6.45, 7) is 2.97. The van der Waals surface area contributed by atoms with E-state index in [4.69, 9.17) is 13.9 Å². The molecule has 0 bridgehead atoms. The summed E-state index contributed by atoms with van der Waals surface area (Å²) in [5, 5.41) is 0. The minimum Gasteiger partial charge on any atom is -0.484 e. The molecule has 1 aromatic heterocycles. The van der Waals surface area contributed by atoms with Gasteiger partial charge in [0, 0.05) is 38.7 Å². The zero-order valence-corrected chi connectivity index (χ0v) is 17.3. The Bertz CT molecular complexity index is 887. The predicted octanol–water partition coefficient (Wildman–Crippen LogP) is 2.41. The number of carbonyl (C=O) groups excluding carboxylic acids is 2. The number of oxazole rings is 1. The fourth-order valence-electron chi connectivity index (χ4n) is 3.87. The van der Waals surface area contributed by atoms with E-state index in [1.165, 1.54) is 6.42 Å². The molecule has 2 aromatic rings. The normalized spacial score (nSPS) is 16.3. The number of aromatic nitrogens is 1. The number of piperidine rings is 1. The first kappa shape index (κ1) is 20.4. The number of nitrogens with zero attached hydrogens (tertiary/aromatic N) is 3. The van der Waals surface area contributed by atoms with Crippen molar-refractivity contribution in [3.05, 3.63) is 47.2 Å². The lowest BCUT2D eigenvalue weighted by Crippen LogP contribution is -2.38. The van der Waals surface area contributed by atoms with E-state index in [2.05, 4.69) is 4.98 Å². The Hall–Kier alpha value is -2.87. The molecule has 1 saturated heterocycles. The van der Waals surface area contributed by atoms with Crippen molar-refractivity contribution in [3.63, 3.8) is 0 Å². The largest absolute Gasteiger partial charge is 0.484 e. The monoisotopic (exact) mass is 413 g/mol. The quantitative estimate of drug-likeness (QED) is 0.723. The molecule has 160 valence electrons. The van der Waals surface area contributed by atoms with E-state index in [9.17, 15) is 9.59 Å². The van der Waals surface area contributed by atoms with Crippen molar-refractivity contribution in [3.8, 4) is 5.75 Å². The second kappa shape index (κ2) is 9.30. The van der Waals surface area contributed by atoms with Crippen molar-refractivity contribution in [2.45, 2.75) is 38.8 Å². The molecule has 0 saturated carbocycles. The number of amides is 2. The van der Waals surface area contributed by atoms with Crippen molar-refractivity contribution in [1.29, 1.82) is 0 Å². The number of hydrogen-bond acceptors (Lipinski definition) is 6. The van der Waals surface area contributed by atoms with Crippen molar-refractivity contribution < 1.29 is 23.5 Å². The van der Waals surface area contributed by atoms with E-state index >= 15 is 0 Å². The van der Waals surface area contributed by atoms with Gasteiger partial charge in [-0.15, -0.1) is 0 Å². The third-order valence-electron chi connectivity index (χ3n) is 5.50. The zero-order chi connectivity index (χ0) is 20.9. The van der Waals surface area contributed by atoms with Gasteiger partial charge in [0.25, 0.3) is 11.8 Å². The molecule has 2 aliphatic rings. The van der Waals surface area contributed by atoms with Gasteiger partial charge in [-0.25, -0.2) is 4.98 Å². The molecule has 8 nitrogen and oxygen atoms in total. The maximum Gasteiger partial charge on any atom is 0.260 e. The molecule has 0 unspecified atom stereocenters. The standard InChI is InChI=1S/C22H27N3O5/c1-28-14-20-23-18-13-25(12-9-19(18)30-20)22(27)16-5-7-17(8-6-16)29-15-21(26)24-10-3-2-4-11-24/h5-8H,2-4,9-15H2,1H3. The molecule has 8 heteroatoms. The minimum atomic E-state index is -0.0621. The topological polar surface area (TPSA) is 85.1 Å². The summed E-state index contributed by atoms with van der Waals surface area (Å²) in [6, 6.07) is 6.94. The van der Waals surface area contributed by atoms with Gasteiger partial charge in [-0.3, -0.25) is 9.59 Å². The molecule has 2 amide bonds. The molecule has 2 aliphatic heterocycles. The smallest absolute Gasteiger partial charge is 0.260 e. The first-order chi connectivity index (χ1) is 14.6. The zero-order valence-electron chi connectivity index (χ0n) is 17.3. The first-order valence-corrected chi connectivity index (χ1v) is 10.4. The summed E-state index contributed by atoms with van der Waals surface area (Å²) in [6.07, 6.45) is 3.94. The number of hydrogen-bond donors (Lipinski definition) is 0. The molecule has 1 aromatic carbocycles. The van der Waals surface area contributed by atoms with Crippen LogP contribution in [0.5, 0.6) is 5.75 Å². The molecule has 0 atom stereocenters.